The Balaban J connectivity index is 1.67. The van der Waals surface area contributed by atoms with E-state index in [9.17, 15) is 4.79 Å². The fourth-order valence-electron chi connectivity index (χ4n) is 3.83. The summed E-state index contributed by atoms with van der Waals surface area (Å²) in [5, 5.41) is 0. The summed E-state index contributed by atoms with van der Waals surface area (Å²) in [7, 11) is 2.08. The van der Waals surface area contributed by atoms with Crippen LogP contribution in [0.25, 0.3) is 5.57 Å². The molecule has 0 amide bonds. The highest BCUT2D eigenvalue weighted by molar-refractivity contribution is 5.78. The molecular weight excluding hydrogens is 336 g/mol. The SMILES string of the molecule is CCOC(=O)C1CCCN(CCC=C(c2ccccc2)c2cccn2C)C1. The van der Waals surface area contributed by atoms with Gasteiger partial charge in [0.05, 0.1) is 12.5 Å². The van der Waals surface area contributed by atoms with Gasteiger partial charge in [-0.15, -0.1) is 0 Å². The molecule has 27 heavy (non-hydrogen) atoms. The largest absolute Gasteiger partial charge is 0.466 e. The predicted molar refractivity (Wildman–Crippen MR) is 109 cm³/mol. The second-order valence-corrected chi connectivity index (χ2v) is 7.17. The Bertz CT molecular complexity index is 764. The summed E-state index contributed by atoms with van der Waals surface area (Å²) in [6, 6.07) is 14.8. The Morgan fingerprint density at radius 1 is 1.22 bits per heavy atom. The van der Waals surface area contributed by atoms with Gasteiger partial charge in [0, 0.05) is 37.6 Å². The van der Waals surface area contributed by atoms with Crippen LogP contribution in [0.2, 0.25) is 0 Å². The molecule has 2 heterocycles. The third-order valence-corrected chi connectivity index (χ3v) is 5.22. The van der Waals surface area contributed by atoms with Crippen LogP contribution in [-0.4, -0.2) is 41.7 Å². The van der Waals surface area contributed by atoms with Gasteiger partial charge in [0.25, 0.3) is 0 Å². The van der Waals surface area contributed by atoms with Gasteiger partial charge >= 0.3 is 5.97 Å². The first kappa shape index (κ1) is 19.4. The molecule has 2 aromatic rings. The van der Waals surface area contributed by atoms with Gasteiger partial charge in [-0.25, -0.2) is 0 Å². The van der Waals surface area contributed by atoms with Crippen molar-refractivity contribution < 1.29 is 9.53 Å². The van der Waals surface area contributed by atoms with Crippen molar-refractivity contribution in [1.82, 2.24) is 9.47 Å². The summed E-state index contributed by atoms with van der Waals surface area (Å²) in [6.45, 7) is 5.19. The Kier molecular flexibility index (Phi) is 6.88. The lowest BCUT2D eigenvalue weighted by molar-refractivity contribution is -0.149. The predicted octanol–water partition coefficient (Wildman–Crippen LogP) is 4.12. The van der Waals surface area contributed by atoms with Crippen molar-refractivity contribution in [3.8, 4) is 0 Å². The van der Waals surface area contributed by atoms with Crippen molar-refractivity contribution in [3.63, 3.8) is 0 Å². The number of aryl methyl sites for hydroxylation is 1. The van der Waals surface area contributed by atoms with E-state index in [2.05, 4.69) is 71.3 Å². The molecule has 1 saturated heterocycles. The van der Waals surface area contributed by atoms with E-state index >= 15 is 0 Å². The lowest BCUT2D eigenvalue weighted by Crippen LogP contribution is -2.39. The van der Waals surface area contributed by atoms with E-state index in [0.29, 0.717) is 6.61 Å². The first-order valence-electron chi connectivity index (χ1n) is 9.95. The third-order valence-electron chi connectivity index (χ3n) is 5.22. The van der Waals surface area contributed by atoms with Crippen LogP contribution in [0.15, 0.2) is 54.7 Å². The molecule has 144 valence electrons. The topological polar surface area (TPSA) is 34.5 Å². The van der Waals surface area contributed by atoms with E-state index in [1.807, 2.05) is 6.92 Å². The number of hydrogen-bond acceptors (Lipinski definition) is 3. The summed E-state index contributed by atoms with van der Waals surface area (Å²) in [5.41, 5.74) is 3.73. The van der Waals surface area contributed by atoms with E-state index < -0.39 is 0 Å². The molecule has 0 aliphatic carbocycles. The van der Waals surface area contributed by atoms with Crippen molar-refractivity contribution in [1.29, 1.82) is 0 Å². The molecule has 1 unspecified atom stereocenters. The average molecular weight is 367 g/mol. The maximum atomic E-state index is 12.0. The summed E-state index contributed by atoms with van der Waals surface area (Å²) in [4.78, 5) is 14.4. The van der Waals surface area contributed by atoms with Gasteiger partial charge in [-0.2, -0.15) is 0 Å². The number of piperidine rings is 1. The average Bonchev–Trinajstić information content (AvgIpc) is 3.12. The number of aromatic nitrogens is 1. The van der Waals surface area contributed by atoms with Gasteiger partial charge in [-0.3, -0.25) is 4.79 Å². The maximum Gasteiger partial charge on any atom is 0.310 e. The fourth-order valence-corrected chi connectivity index (χ4v) is 3.83. The number of benzene rings is 1. The van der Waals surface area contributed by atoms with Crippen LogP contribution in [0.3, 0.4) is 0 Å². The van der Waals surface area contributed by atoms with Crippen LogP contribution < -0.4 is 0 Å². The quantitative estimate of drug-likeness (QED) is 0.691. The number of rotatable bonds is 7. The van der Waals surface area contributed by atoms with E-state index in [-0.39, 0.29) is 11.9 Å². The number of esters is 1. The van der Waals surface area contributed by atoms with Crippen LogP contribution in [0.5, 0.6) is 0 Å². The first-order chi connectivity index (χ1) is 13.2. The molecule has 1 fully saturated rings. The molecule has 1 aromatic carbocycles. The van der Waals surface area contributed by atoms with Gasteiger partial charge in [-0.1, -0.05) is 36.4 Å². The normalized spacial score (nSPS) is 18.4. The standard InChI is InChI=1S/C23H30N2O2/c1-3-27-23(26)20-12-7-16-25(18-20)17-8-13-21(19-10-5-4-6-11-19)22-14-9-15-24(22)2/h4-6,9-11,13-15,20H,3,7-8,12,16-18H2,1-2H3. The van der Waals surface area contributed by atoms with Gasteiger partial charge < -0.3 is 14.2 Å². The minimum absolute atomic E-state index is 0.0316. The van der Waals surface area contributed by atoms with Crippen LogP contribution >= 0.6 is 0 Å². The fraction of sp³-hybridized carbons (Fsp3) is 0.435. The van der Waals surface area contributed by atoms with Crippen LogP contribution in [0.1, 0.15) is 37.4 Å². The van der Waals surface area contributed by atoms with E-state index in [0.717, 1.165) is 38.9 Å². The summed E-state index contributed by atoms with van der Waals surface area (Å²) < 4.78 is 7.38. The van der Waals surface area contributed by atoms with Crippen LogP contribution in [-0.2, 0) is 16.6 Å². The minimum Gasteiger partial charge on any atom is -0.466 e. The molecule has 3 rings (SSSR count). The smallest absolute Gasteiger partial charge is 0.310 e. The summed E-state index contributed by atoms with van der Waals surface area (Å²) in [5.74, 6) is -0.00401. The Labute approximate surface area is 162 Å². The van der Waals surface area contributed by atoms with Crippen LogP contribution in [0, 0.1) is 5.92 Å². The molecule has 1 aliphatic rings. The molecule has 0 radical (unpaired) electrons. The number of hydrogen-bond donors (Lipinski definition) is 0. The van der Waals surface area contributed by atoms with E-state index in [4.69, 9.17) is 4.74 Å². The Hall–Kier alpha value is -2.33. The lowest BCUT2D eigenvalue weighted by Gasteiger charge is -2.31. The number of likely N-dealkylation sites (tertiary alicyclic amines) is 1. The van der Waals surface area contributed by atoms with Crippen molar-refractivity contribution >= 4 is 11.5 Å². The highest BCUT2D eigenvalue weighted by Gasteiger charge is 2.26. The first-order valence-corrected chi connectivity index (χ1v) is 9.95. The van der Waals surface area contributed by atoms with E-state index in [1.54, 1.807) is 0 Å². The molecule has 1 aliphatic heterocycles. The van der Waals surface area contributed by atoms with Gasteiger partial charge in [0.2, 0.25) is 0 Å². The molecule has 4 heteroatoms. The minimum atomic E-state index is -0.0356. The second-order valence-electron chi connectivity index (χ2n) is 7.17. The molecule has 0 N–H and O–H groups in total. The van der Waals surface area contributed by atoms with Crippen molar-refractivity contribution in [2.45, 2.75) is 26.2 Å². The maximum absolute atomic E-state index is 12.0. The van der Waals surface area contributed by atoms with Gasteiger partial charge in [-0.05, 0) is 50.4 Å². The van der Waals surface area contributed by atoms with Crippen molar-refractivity contribution in [2.24, 2.45) is 13.0 Å². The second kappa shape index (κ2) is 9.56. The highest BCUT2D eigenvalue weighted by atomic mass is 16.5. The number of carbonyl (C=O) groups excluding carboxylic acids is 1. The zero-order chi connectivity index (χ0) is 19.1. The number of ether oxygens (including phenoxy) is 1. The highest BCUT2D eigenvalue weighted by Crippen LogP contribution is 2.24. The molecule has 1 aromatic heterocycles. The summed E-state index contributed by atoms with van der Waals surface area (Å²) >= 11 is 0. The zero-order valence-electron chi connectivity index (χ0n) is 16.4. The van der Waals surface area contributed by atoms with Gasteiger partial charge in [0.1, 0.15) is 0 Å². The Morgan fingerprint density at radius 3 is 2.74 bits per heavy atom. The van der Waals surface area contributed by atoms with Crippen molar-refractivity contribution in [3.05, 3.63) is 66.0 Å². The lowest BCUT2D eigenvalue weighted by atomic mass is 9.97. The summed E-state index contributed by atoms with van der Waals surface area (Å²) in [6.07, 6.45) is 7.39. The number of carbonyl (C=O) groups is 1. The molecular formula is C23H30N2O2. The van der Waals surface area contributed by atoms with E-state index in [1.165, 1.54) is 16.8 Å². The molecule has 4 nitrogen and oxygen atoms in total. The molecule has 0 bridgehead atoms. The molecule has 0 saturated carbocycles. The Morgan fingerprint density at radius 2 is 2.04 bits per heavy atom. The molecule has 1 atom stereocenters. The van der Waals surface area contributed by atoms with Crippen LogP contribution in [0.4, 0.5) is 0 Å². The number of nitrogens with zero attached hydrogens (tertiary/aromatic N) is 2. The monoisotopic (exact) mass is 366 g/mol. The molecule has 0 spiro atoms. The van der Waals surface area contributed by atoms with Crippen molar-refractivity contribution in [2.75, 3.05) is 26.2 Å². The zero-order valence-corrected chi connectivity index (χ0v) is 16.4. The van der Waals surface area contributed by atoms with Gasteiger partial charge in [0.15, 0.2) is 0 Å². The third kappa shape index (κ3) is 5.10.